The number of carbonyl (C=O) groups is 3. The lowest BCUT2D eigenvalue weighted by Gasteiger charge is -2.18. The van der Waals surface area contributed by atoms with Gasteiger partial charge in [-0.15, -0.1) is 0 Å². The first-order chi connectivity index (χ1) is 32.5. The van der Waals surface area contributed by atoms with E-state index in [0.29, 0.717) is 19.3 Å². The maximum Gasteiger partial charge on any atom is 0.306 e. The van der Waals surface area contributed by atoms with Gasteiger partial charge in [-0.3, -0.25) is 14.4 Å². The van der Waals surface area contributed by atoms with E-state index >= 15 is 0 Å². The zero-order valence-corrected chi connectivity index (χ0v) is 43.4. The summed E-state index contributed by atoms with van der Waals surface area (Å²) in [4.78, 5) is 38.1. The quantitative estimate of drug-likeness (QED) is 0.0262. The van der Waals surface area contributed by atoms with E-state index in [1.54, 1.807) is 0 Å². The summed E-state index contributed by atoms with van der Waals surface area (Å²) in [6.45, 7) is 6.55. The number of rotatable bonds is 50. The third kappa shape index (κ3) is 51.8. The minimum atomic E-state index is -0.799. The molecule has 0 rings (SSSR count). The minimum absolute atomic E-state index is 0.0932. The number of allylic oxidation sites excluding steroid dienone is 12. The second-order valence-electron chi connectivity index (χ2n) is 18.5. The Labute approximate surface area is 408 Å². The summed E-state index contributed by atoms with van der Waals surface area (Å²) >= 11 is 0. The van der Waals surface area contributed by atoms with Crippen molar-refractivity contribution in [3.05, 3.63) is 72.9 Å². The maximum atomic E-state index is 12.8. The van der Waals surface area contributed by atoms with Crippen LogP contribution in [0, 0.1) is 0 Å². The van der Waals surface area contributed by atoms with Crippen molar-refractivity contribution >= 4 is 17.9 Å². The van der Waals surface area contributed by atoms with Crippen LogP contribution in [0.1, 0.15) is 271 Å². The summed E-state index contributed by atoms with van der Waals surface area (Å²) in [5.74, 6) is -0.938. The number of hydrogen-bond donors (Lipinski definition) is 0. The normalized spacial score (nSPS) is 12.6. The molecule has 0 amide bonds. The molecule has 0 fully saturated rings. The fourth-order valence-corrected chi connectivity index (χ4v) is 7.69. The molecule has 0 N–H and O–H groups in total. The Morgan fingerprint density at radius 1 is 0.303 bits per heavy atom. The van der Waals surface area contributed by atoms with E-state index in [2.05, 4.69) is 93.7 Å². The van der Waals surface area contributed by atoms with E-state index in [1.807, 2.05) is 0 Å². The predicted octanol–water partition coefficient (Wildman–Crippen LogP) is 18.6. The Kier molecular flexibility index (Phi) is 51.9. The zero-order valence-electron chi connectivity index (χ0n) is 43.4. The summed E-state index contributed by atoms with van der Waals surface area (Å²) in [6, 6.07) is 0. The van der Waals surface area contributed by atoms with Gasteiger partial charge in [0.25, 0.3) is 0 Å². The number of unbranched alkanes of at least 4 members (excludes halogenated alkanes) is 27. The molecule has 0 saturated carbocycles. The molecule has 0 aliphatic rings. The van der Waals surface area contributed by atoms with Gasteiger partial charge in [-0.2, -0.15) is 0 Å². The lowest BCUT2D eigenvalue weighted by Crippen LogP contribution is -2.30. The van der Waals surface area contributed by atoms with Crippen molar-refractivity contribution in [1.29, 1.82) is 0 Å². The molecule has 0 radical (unpaired) electrons. The van der Waals surface area contributed by atoms with Crippen LogP contribution in [0.4, 0.5) is 0 Å². The molecule has 0 aromatic carbocycles. The molecule has 0 aliphatic carbocycles. The van der Waals surface area contributed by atoms with Gasteiger partial charge < -0.3 is 14.2 Å². The van der Waals surface area contributed by atoms with E-state index in [1.165, 1.54) is 141 Å². The molecular formula is C60H104O6. The molecule has 0 bridgehead atoms. The highest BCUT2D eigenvalue weighted by Crippen LogP contribution is 2.15. The van der Waals surface area contributed by atoms with Crippen LogP contribution in [0.5, 0.6) is 0 Å². The Morgan fingerprint density at radius 2 is 0.545 bits per heavy atom. The summed E-state index contributed by atoms with van der Waals surface area (Å²) in [6.07, 6.45) is 68.8. The lowest BCUT2D eigenvalue weighted by atomic mass is 10.0. The maximum absolute atomic E-state index is 12.8. The van der Waals surface area contributed by atoms with Gasteiger partial charge in [0.15, 0.2) is 6.10 Å². The molecule has 1 atom stereocenters. The van der Waals surface area contributed by atoms with E-state index in [4.69, 9.17) is 14.2 Å². The average Bonchev–Trinajstić information content (AvgIpc) is 3.31. The SMILES string of the molecule is CCCCC/C=C\C/C=C\C/C=C\CCCCCCCCC(=O)OC[C@@H](COC(=O)CCCCCCCCCCCCCCCC)OC(=O)CCCC/C=C\C/C=C\C/C=C\CCCCC. The monoisotopic (exact) mass is 921 g/mol. The minimum Gasteiger partial charge on any atom is -0.462 e. The van der Waals surface area contributed by atoms with E-state index < -0.39 is 6.10 Å². The first-order valence-corrected chi connectivity index (χ1v) is 27.9. The molecule has 0 saturated heterocycles. The van der Waals surface area contributed by atoms with Gasteiger partial charge in [0.05, 0.1) is 0 Å². The molecular weight excluding hydrogens is 817 g/mol. The van der Waals surface area contributed by atoms with Gasteiger partial charge in [0.1, 0.15) is 13.2 Å². The molecule has 66 heavy (non-hydrogen) atoms. The van der Waals surface area contributed by atoms with Crippen LogP contribution >= 0.6 is 0 Å². The smallest absolute Gasteiger partial charge is 0.306 e. The number of hydrogen-bond acceptors (Lipinski definition) is 6. The molecule has 0 aromatic heterocycles. The molecule has 0 heterocycles. The van der Waals surface area contributed by atoms with Gasteiger partial charge in [-0.25, -0.2) is 0 Å². The molecule has 0 aromatic rings. The lowest BCUT2D eigenvalue weighted by molar-refractivity contribution is -0.167. The van der Waals surface area contributed by atoms with Gasteiger partial charge in [0.2, 0.25) is 0 Å². The average molecular weight is 921 g/mol. The standard InChI is InChI=1S/C60H104O6/c1-4-7-10-13-16-19-22-25-28-29-30-31-33-35-38-41-44-47-50-53-59(62)65-56-57(55-64-58(61)52-49-46-43-40-37-34-27-24-21-18-15-12-9-6-3)66-60(63)54-51-48-45-42-39-36-32-26-23-20-17-14-11-8-5-2/h16-17,19-20,25-26,28,30-32,39,42,57H,4-15,18,21-24,27,29,33-38,40-41,43-56H2,1-3H3/b19-16-,20-17-,28-25-,31-30-,32-26-,42-39-/t57-/m1/s1. The van der Waals surface area contributed by atoms with Crippen molar-refractivity contribution in [1.82, 2.24) is 0 Å². The van der Waals surface area contributed by atoms with Gasteiger partial charge >= 0.3 is 17.9 Å². The van der Waals surface area contributed by atoms with E-state index in [9.17, 15) is 14.4 Å². The van der Waals surface area contributed by atoms with E-state index in [-0.39, 0.29) is 37.5 Å². The molecule has 0 spiro atoms. The second-order valence-corrected chi connectivity index (χ2v) is 18.5. The fraction of sp³-hybridized carbons (Fsp3) is 0.750. The van der Waals surface area contributed by atoms with Crippen molar-refractivity contribution in [2.75, 3.05) is 13.2 Å². The van der Waals surface area contributed by atoms with Crippen LogP contribution in [0.3, 0.4) is 0 Å². The van der Waals surface area contributed by atoms with Crippen LogP contribution in [0.25, 0.3) is 0 Å². The third-order valence-corrected chi connectivity index (χ3v) is 11.9. The van der Waals surface area contributed by atoms with Crippen LogP contribution in [0.2, 0.25) is 0 Å². The number of esters is 3. The predicted molar refractivity (Wildman–Crippen MR) is 284 cm³/mol. The van der Waals surface area contributed by atoms with Crippen molar-refractivity contribution in [2.24, 2.45) is 0 Å². The van der Waals surface area contributed by atoms with Crippen molar-refractivity contribution in [3.63, 3.8) is 0 Å². The molecule has 6 nitrogen and oxygen atoms in total. The largest absolute Gasteiger partial charge is 0.462 e. The van der Waals surface area contributed by atoms with Crippen molar-refractivity contribution < 1.29 is 28.6 Å². The van der Waals surface area contributed by atoms with Gasteiger partial charge in [-0.1, -0.05) is 229 Å². The van der Waals surface area contributed by atoms with Crippen LogP contribution in [0.15, 0.2) is 72.9 Å². The van der Waals surface area contributed by atoms with E-state index in [0.717, 1.165) is 83.5 Å². The molecule has 0 unspecified atom stereocenters. The molecule has 6 heteroatoms. The summed E-state index contributed by atoms with van der Waals surface area (Å²) in [5, 5.41) is 0. The fourth-order valence-electron chi connectivity index (χ4n) is 7.69. The zero-order chi connectivity index (χ0) is 47.9. The molecule has 0 aliphatic heterocycles. The van der Waals surface area contributed by atoms with Gasteiger partial charge in [0, 0.05) is 19.3 Å². The Bertz CT molecular complexity index is 1240. The third-order valence-electron chi connectivity index (χ3n) is 11.9. The van der Waals surface area contributed by atoms with Crippen LogP contribution in [-0.4, -0.2) is 37.2 Å². The van der Waals surface area contributed by atoms with Crippen molar-refractivity contribution in [2.45, 2.75) is 277 Å². The van der Waals surface area contributed by atoms with Crippen molar-refractivity contribution in [3.8, 4) is 0 Å². The number of carbonyl (C=O) groups excluding carboxylic acids is 3. The highest BCUT2D eigenvalue weighted by Gasteiger charge is 2.19. The molecule has 380 valence electrons. The topological polar surface area (TPSA) is 78.9 Å². The first kappa shape index (κ1) is 62.8. The Morgan fingerprint density at radius 3 is 0.909 bits per heavy atom. The number of ether oxygens (including phenoxy) is 3. The van der Waals surface area contributed by atoms with Gasteiger partial charge in [-0.05, 0) is 96.3 Å². The first-order valence-electron chi connectivity index (χ1n) is 27.9. The summed E-state index contributed by atoms with van der Waals surface area (Å²) in [5.41, 5.74) is 0. The highest BCUT2D eigenvalue weighted by atomic mass is 16.6. The second kappa shape index (κ2) is 54.5. The summed E-state index contributed by atoms with van der Waals surface area (Å²) in [7, 11) is 0. The van der Waals surface area contributed by atoms with Crippen LogP contribution < -0.4 is 0 Å². The highest BCUT2D eigenvalue weighted by molar-refractivity contribution is 5.71. The summed E-state index contributed by atoms with van der Waals surface area (Å²) < 4.78 is 16.8. The van der Waals surface area contributed by atoms with Crippen LogP contribution in [-0.2, 0) is 28.6 Å². The Balaban J connectivity index is 4.44. The Hall–Kier alpha value is -3.15.